The molecule has 0 radical (unpaired) electrons. The number of nitrogens with one attached hydrogen (secondary N) is 1. The number of nitrogens with zero attached hydrogens (tertiary/aromatic N) is 2. The molecule has 0 bridgehead atoms. The molecule has 1 N–H and O–H groups in total. The van der Waals surface area contributed by atoms with Crippen LogP contribution in [0.25, 0.3) is 0 Å². The molecule has 1 aliphatic heterocycles. The number of rotatable bonds is 5. The first-order valence-corrected chi connectivity index (χ1v) is 11.2. The van der Waals surface area contributed by atoms with E-state index < -0.39 is 15.9 Å². The van der Waals surface area contributed by atoms with E-state index in [0.29, 0.717) is 24.2 Å². The number of pyridine rings is 1. The van der Waals surface area contributed by atoms with E-state index in [-0.39, 0.29) is 22.0 Å². The van der Waals surface area contributed by atoms with E-state index in [0.717, 1.165) is 18.4 Å². The summed E-state index contributed by atoms with van der Waals surface area (Å²) in [5, 5.41) is 3.22. The second kappa shape index (κ2) is 8.78. The molecule has 0 aliphatic carbocycles. The number of amides is 1. The van der Waals surface area contributed by atoms with Gasteiger partial charge in [-0.05, 0) is 48.6 Å². The zero-order valence-corrected chi connectivity index (χ0v) is 17.7. The van der Waals surface area contributed by atoms with Crippen LogP contribution >= 0.6 is 23.2 Å². The van der Waals surface area contributed by atoms with E-state index >= 15 is 0 Å². The quantitative estimate of drug-likeness (QED) is 0.716. The minimum Gasteiger partial charge on any atom is -0.348 e. The zero-order valence-electron chi connectivity index (χ0n) is 15.4. The summed E-state index contributed by atoms with van der Waals surface area (Å²) in [5.74, 6) is -0.100. The highest BCUT2D eigenvalue weighted by molar-refractivity contribution is 7.89. The maximum Gasteiger partial charge on any atom is 0.251 e. The fourth-order valence-electron chi connectivity index (χ4n) is 3.14. The van der Waals surface area contributed by atoms with Gasteiger partial charge in [-0.3, -0.25) is 4.79 Å². The molecule has 0 spiro atoms. The Balaban J connectivity index is 1.78. The first-order valence-electron chi connectivity index (χ1n) is 8.95. The summed E-state index contributed by atoms with van der Waals surface area (Å²) in [6.45, 7) is 3.19. The Kier molecular flexibility index (Phi) is 6.60. The van der Waals surface area contributed by atoms with Gasteiger partial charge in [-0.2, -0.15) is 4.31 Å². The van der Waals surface area contributed by atoms with Gasteiger partial charge in [-0.15, -0.1) is 0 Å². The standard InChI is InChI=1S/C19H21Cl2N3O3S/c1-13-3-2-8-24(12-13)28(26,27)17-9-15(5-6-16(17)20)19(25)23-11-14-4-7-18(21)22-10-14/h4-7,9-10,13H,2-3,8,11-12H2,1H3,(H,23,25). The van der Waals surface area contributed by atoms with Crippen LogP contribution in [0.15, 0.2) is 41.4 Å². The fourth-order valence-corrected chi connectivity index (χ4v) is 5.35. The van der Waals surface area contributed by atoms with E-state index in [1.165, 1.54) is 22.5 Å². The molecule has 2 heterocycles. The first-order chi connectivity index (χ1) is 13.3. The van der Waals surface area contributed by atoms with Crippen LogP contribution in [0.2, 0.25) is 10.2 Å². The number of hydrogen-bond donors (Lipinski definition) is 1. The van der Waals surface area contributed by atoms with Crippen LogP contribution in [0, 0.1) is 5.92 Å². The Labute approximate surface area is 174 Å². The van der Waals surface area contributed by atoms with Crippen molar-refractivity contribution < 1.29 is 13.2 Å². The van der Waals surface area contributed by atoms with Crippen molar-refractivity contribution in [2.24, 2.45) is 5.92 Å². The molecule has 1 aromatic carbocycles. The van der Waals surface area contributed by atoms with E-state index in [9.17, 15) is 13.2 Å². The summed E-state index contributed by atoms with van der Waals surface area (Å²) in [6.07, 6.45) is 3.38. The molecule has 6 nitrogen and oxygen atoms in total. The second-order valence-electron chi connectivity index (χ2n) is 6.93. The SMILES string of the molecule is CC1CCCN(S(=O)(=O)c2cc(C(=O)NCc3ccc(Cl)nc3)ccc2Cl)C1. The predicted octanol–water partition coefficient (Wildman–Crippen LogP) is 3.74. The van der Waals surface area contributed by atoms with Crippen molar-refractivity contribution in [3.05, 3.63) is 57.8 Å². The number of aromatic nitrogens is 1. The lowest BCUT2D eigenvalue weighted by Gasteiger charge is -2.30. The zero-order chi connectivity index (χ0) is 20.3. The van der Waals surface area contributed by atoms with Gasteiger partial charge in [-0.1, -0.05) is 36.2 Å². The molecule has 1 fully saturated rings. The maximum absolute atomic E-state index is 13.0. The second-order valence-corrected chi connectivity index (χ2v) is 9.63. The maximum atomic E-state index is 13.0. The van der Waals surface area contributed by atoms with Gasteiger partial charge in [0.1, 0.15) is 10.0 Å². The van der Waals surface area contributed by atoms with Crippen LogP contribution in [0.5, 0.6) is 0 Å². The van der Waals surface area contributed by atoms with Crippen molar-refractivity contribution in [2.45, 2.75) is 31.2 Å². The highest BCUT2D eigenvalue weighted by Gasteiger charge is 2.30. The molecule has 1 aromatic heterocycles. The average molecular weight is 442 g/mol. The molecule has 1 unspecified atom stereocenters. The van der Waals surface area contributed by atoms with Crippen LogP contribution in [0.4, 0.5) is 0 Å². The van der Waals surface area contributed by atoms with Crippen LogP contribution in [-0.4, -0.2) is 36.7 Å². The highest BCUT2D eigenvalue weighted by atomic mass is 35.5. The van der Waals surface area contributed by atoms with Gasteiger partial charge in [0, 0.05) is 31.4 Å². The summed E-state index contributed by atoms with van der Waals surface area (Å²) >= 11 is 11.9. The summed E-state index contributed by atoms with van der Waals surface area (Å²) in [7, 11) is -3.76. The molecule has 2 aromatic rings. The summed E-state index contributed by atoms with van der Waals surface area (Å²) in [4.78, 5) is 16.4. The van der Waals surface area contributed by atoms with E-state index in [1.807, 2.05) is 6.92 Å². The monoisotopic (exact) mass is 441 g/mol. The third-order valence-corrected chi connectivity index (χ3v) is 7.24. The molecule has 28 heavy (non-hydrogen) atoms. The minimum atomic E-state index is -3.76. The summed E-state index contributed by atoms with van der Waals surface area (Å²) < 4.78 is 27.5. The third kappa shape index (κ3) is 4.84. The van der Waals surface area contributed by atoms with E-state index in [4.69, 9.17) is 23.2 Å². The number of piperidine rings is 1. The Morgan fingerprint density at radius 3 is 2.75 bits per heavy atom. The Morgan fingerprint density at radius 2 is 2.07 bits per heavy atom. The predicted molar refractivity (Wildman–Crippen MR) is 109 cm³/mol. The number of benzene rings is 1. The van der Waals surface area contributed by atoms with Crippen molar-refractivity contribution in [3.8, 4) is 0 Å². The van der Waals surface area contributed by atoms with Crippen molar-refractivity contribution in [1.29, 1.82) is 0 Å². The third-order valence-electron chi connectivity index (χ3n) is 4.67. The Hall–Kier alpha value is -1.67. The van der Waals surface area contributed by atoms with Crippen molar-refractivity contribution in [1.82, 2.24) is 14.6 Å². The first kappa shape index (κ1) is 21.0. The highest BCUT2D eigenvalue weighted by Crippen LogP contribution is 2.29. The van der Waals surface area contributed by atoms with E-state index in [1.54, 1.807) is 18.3 Å². The van der Waals surface area contributed by atoms with Gasteiger partial charge in [0.25, 0.3) is 5.91 Å². The molecule has 3 rings (SSSR count). The molecule has 1 saturated heterocycles. The molecule has 9 heteroatoms. The summed E-state index contributed by atoms with van der Waals surface area (Å²) in [6, 6.07) is 7.68. The van der Waals surface area contributed by atoms with Crippen molar-refractivity contribution in [2.75, 3.05) is 13.1 Å². The number of hydrogen-bond acceptors (Lipinski definition) is 4. The van der Waals surface area contributed by atoms with Crippen molar-refractivity contribution in [3.63, 3.8) is 0 Å². The summed E-state index contributed by atoms with van der Waals surface area (Å²) in [5.41, 5.74) is 1.01. The molecule has 1 atom stereocenters. The molecule has 0 saturated carbocycles. The van der Waals surface area contributed by atoms with E-state index in [2.05, 4.69) is 10.3 Å². The molecule has 1 aliphatic rings. The van der Waals surface area contributed by atoms with Crippen LogP contribution in [-0.2, 0) is 16.6 Å². The lowest BCUT2D eigenvalue weighted by atomic mass is 10.0. The Morgan fingerprint density at radius 1 is 1.29 bits per heavy atom. The number of sulfonamides is 1. The van der Waals surface area contributed by atoms with Crippen LogP contribution in [0.1, 0.15) is 35.7 Å². The van der Waals surface area contributed by atoms with Gasteiger partial charge in [0.2, 0.25) is 10.0 Å². The average Bonchev–Trinajstić information content (AvgIpc) is 2.67. The van der Waals surface area contributed by atoms with Gasteiger partial charge in [-0.25, -0.2) is 13.4 Å². The van der Waals surface area contributed by atoms with Gasteiger partial charge in [0.05, 0.1) is 5.02 Å². The Bertz CT molecular complexity index is 965. The topological polar surface area (TPSA) is 79.4 Å². The molecular formula is C19H21Cl2N3O3S. The molecule has 1 amide bonds. The van der Waals surface area contributed by atoms with Gasteiger partial charge >= 0.3 is 0 Å². The van der Waals surface area contributed by atoms with Crippen LogP contribution < -0.4 is 5.32 Å². The number of carbonyl (C=O) groups is 1. The lowest BCUT2D eigenvalue weighted by Crippen LogP contribution is -2.39. The van der Waals surface area contributed by atoms with Gasteiger partial charge in [0.15, 0.2) is 0 Å². The minimum absolute atomic E-state index is 0.0379. The fraction of sp³-hybridized carbons (Fsp3) is 0.368. The van der Waals surface area contributed by atoms with Gasteiger partial charge < -0.3 is 5.32 Å². The number of halogens is 2. The number of carbonyl (C=O) groups excluding carboxylic acids is 1. The normalized spacial score (nSPS) is 18.0. The van der Waals surface area contributed by atoms with Crippen molar-refractivity contribution >= 4 is 39.1 Å². The van der Waals surface area contributed by atoms with Crippen LogP contribution in [0.3, 0.4) is 0 Å². The largest absolute Gasteiger partial charge is 0.348 e. The lowest BCUT2D eigenvalue weighted by molar-refractivity contribution is 0.0950. The molecular weight excluding hydrogens is 421 g/mol. The smallest absolute Gasteiger partial charge is 0.251 e. The molecule has 150 valence electrons.